The van der Waals surface area contributed by atoms with E-state index >= 15 is 0 Å². The molecule has 9 heteroatoms. The van der Waals surface area contributed by atoms with Gasteiger partial charge in [-0.3, -0.25) is 9.78 Å². The summed E-state index contributed by atoms with van der Waals surface area (Å²) >= 11 is 0. The Morgan fingerprint density at radius 3 is 2.65 bits per heavy atom. The Labute approximate surface area is 178 Å². The average molecular weight is 423 g/mol. The van der Waals surface area contributed by atoms with Crippen molar-refractivity contribution in [3.8, 4) is 11.5 Å². The van der Waals surface area contributed by atoms with Gasteiger partial charge in [-0.15, -0.1) is 0 Å². The molecule has 2 aromatic heterocycles. The van der Waals surface area contributed by atoms with Crippen LogP contribution in [0.15, 0.2) is 64.4 Å². The molecule has 0 radical (unpaired) electrons. The SMILES string of the molecule is CCOc1cc(/C=N/NC(=O)c2ccncc2)ccc1OCc1ccc(C(=O)OC)o1. The molecule has 0 atom stereocenters. The van der Waals surface area contributed by atoms with Gasteiger partial charge in [0.25, 0.3) is 5.91 Å². The molecule has 0 saturated heterocycles. The molecule has 31 heavy (non-hydrogen) atoms. The quantitative estimate of drug-likeness (QED) is 0.319. The van der Waals surface area contributed by atoms with Crippen LogP contribution in [0.25, 0.3) is 0 Å². The van der Waals surface area contributed by atoms with Crippen LogP contribution in [0.1, 0.15) is 39.2 Å². The van der Waals surface area contributed by atoms with E-state index in [0.717, 1.165) is 0 Å². The molecule has 0 aliphatic heterocycles. The number of hydrazone groups is 1. The van der Waals surface area contributed by atoms with Crippen LogP contribution < -0.4 is 14.9 Å². The first-order valence-corrected chi connectivity index (χ1v) is 9.40. The van der Waals surface area contributed by atoms with Gasteiger partial charge in [0.1, 0.15) is 12.4 Å². The molecule has 160 valence electrons. The fourth-order valence-corrected chi connectivity index (χ4v) is 2.54. The third kappa shape index (κ3) is 5.92. The highest BCUT2D eigenvalue weighted by atomic mass is 16.5. The molecule has 0 spiro atoms. The minimum atomic E-state index is -0.555. The number of carbonyl (C=O) groups is 2. The van der Waals surface area contributed by atoms with Crippen molar-refractivity contribution in [1.82, 2.24) is 10.4 Å². The summed E-state index contributed by atoms with van der Waals surface area (Å²) in [7, 11) is 1.28. The van der Waals surface area contributed by atoms with Crippen molar-refractivity contribution in [3.63, 3.8) is 0 Å². The Morgan fingerprint density at radius 1 is 1.10 bits per heavy atom. The van der Waals surface area contributed by atoms with E-state index < -0.39 is 5.97 Å². The number of methoxy groups -OCH3 is 1. The number of carbonyl (C=O) groups excluding carboxylic acids is 2. The molecule has 0 unspecified atom stereocenters. The Bertz CT molecular complexity index is 1060. The van der Waals surface area contributed by atoms with Gasteiger partial charge >= 0.3 is 5.97 Å². The molecule has 1 amide bonds. The second-order valence-corrected chi connectivity index (χ2v) is 6.12. The highest BCUT2D eigenvalue weighted by Crippen LogP contribution is 2.29. The molecule has 1 N–H and O–H groups in total. The lowest BCUT2D eigenvalue weighted by Gasteiger charge is -2.11. The maximum Gasteiger partial charge on any atom is 0.373 e. The number of nitrogens with zero attached hydrogens (tertiary/aromatic N) is 2. The van der Waals surface area contributed by atoms with Crippen LogP contribution in [0.5, 0.6) is 11.5 Å². The number of nitrogens with one attached hydrogen (secondary N) is 1. The van der Waals surface area contributed by atoms with Crippen LogP contribution in [0.2, 0.25) is 0 Å². The number of esters is 1. The van der Waals surface area contributed by atoms with Crippen LogP contribution in [0, 0.1) is 0 Å². The topological polar surface area (TPSA) is 112 Å². The predicted molar refractivity (Wildman–Crippen MR) is 111 cm³/mol. The first-order valence-electron chi connectivity index (χ1n) is 9.40. The minimum Gasteiger partial charge on any atom is -0.490 e. The predicted octanol–water partition coefficient (Wildman–Crippen LogP) is 3.20. The maximum absolute atomic E-state index is 12.0. The van der Waals surface area contributed by atoms with Crippen LogP contribution in [-0.2, 0) is 11.3 Å². The van der Waals surface area contributed by atoms with Crippen LogP contribution in [0.3, 0.4) is 0 Å². The van der Waals surface area contributed by atoms with E-state index in [0.29, 0.717) is 35.0 Å². The average Bonchev–Trinajstić information content (AvgIpc) is 3.28. The van der Waals surface area contributed by atoms with Crippen molar-refractivity contribution in [3.05, 3.63) is 77.5 Å². The zero-order valence-electron chi connectivity index (χ0n) is 17.0. The molecule has 0 bridgehead atoms. The van der Waals surface area contributed by atoms with Gasteiger partial charge in [-0.25, -0.2) is 10.2 Å². The molecule has 0 aliphatic rings. The fourth-order valence-electron chi connectivity index (χ4n) is 2.54. The van der Waals surface area contributed by atoms with E-state index in [1.54, 1.807) is 36.4 Å². The lowest BCUT2D eigenvalue weighted by atomic mass is 10.2. The van der Waals surface area contributed by atoms with Gasteiger partial charge in [0.05, 0.1) is 19.9 Å². The number of rotatable bonds is 9. The molecular formula is C22H21N3O6. The third-order valence-corrected chi connectivity index (χ3v) is 4.01. The zero-order valence-corrected chi connectivity index (χ0v) is 17.0. The summed E-state index contributed by atoms with van der Waals surface area (Å²) in [5.74, 6) is 0.677. The second-order valence-electron chi connectivity index (χ2n) is 6.12. The lowest BCUT2D eigenvalue weighted by Crippen LogP contribution is -2.17. The van der Waals surface area contributed by atoms with Gasteiger partial charge in [-0.2, -0.15) is 5.10 Å². The largest absolute Gasteiger partial charge is 0.490 e. The first kappa shape index (κ1) is 21.6. The van der Waals surface area contributed by atoms with Crippen molar-refractivity contribution >= 4 is 18.1 Å². The van der Waals surface area contributed by atoms with Gasteiger partial charge in [-0.05, 0) is 55.0 Å². The Hall–Kier alpha value is -4.14. The number of aromatic nitrogens is 1. The second kappa shape index (κ2) is 10.6. The van der Waals surface area contributed by atoms with Gasteiger partial charge < -0.3 is 18.6 Å². The first-order chi connectivity index (χ1) is 15.1. The van der Waals surface area contributed by atoms with E-state index in [-0.39, 0.29) is 18.3 Å². The molecule has 9 nitrogen and oxygen atoms in total. The van der Waals surface area contributed by atoms with Crippen LogP contribution >= 0.6 is 0 Å². The number of benzene rings is 1. The number of hydrogen-bond donors (Lipinski definition) is 1. The molecule has 1 aromatic carbocycles. The normalized spacial score (nSPS) is 10.6. The summed E-state index contributed by atoms with van der Waals surface area (Å²) in [4.78, 5) is 27.3. The van der Waals surface area contributed by atoms with Crippen molar-refractivity contribution in [2.24, 2.45) is 5.10 Å². The fraction of sp³-hybridized carbons (Fsp3) is 0.182. The Morgan fingerprint density at radius 2 is 1.90 bits per heavy atom. The molecule has 0 aliphatic carbocycles. The number of furan rings is 1. The third-order valence-electron chi connectivity index (χ3n) is 4.01. The van der Waals surface area contributed by atoms with Crippen molar-refractivity contribution in [2.45, 2.75) is 13.5 Å². The maximum atomic E-state index is 12.0. The number of ether oxygens (including phenoxy) is 3. The van der Waals surface area contributed by atoms with Gasteiger partial charge in [0.2, 0.25) is 5.76 Å². The van der Waals surface area contributed by atoms with Gasteiger partial charge in [0, 0.05) is 18.0 Å². The summed E-state index contributed by atoms with van der Waals surface area (Å²) in [6, 6.07) is 11.6. The highest BCUT2D eigenvalue weighted by molar-refractivity contribution is 5.94. The molecule has 0 saturated carbocycles. The minimum absolute atomic E-state index is 0.103. The van der Waals surface area contributed by atoms with Gasteiger partial charge in [0.15, 0.2) is 11.5 Å². The van der Waals surface area contributed by atoms with Crippen LogP contribution in [-0.4, -0.2) is 36.8 Å². The summed E-state index contributed by atoms with van der Waals surface area (Å²) in [5.41, 5.74) is 3.62. The van der Waals surface area contributed by atoms with Crippen molar-refractivity contribution < 1.29 is 28.2 Å². The number of hydrogen-bond acceptors (Lipinski definition) is 8. The molecular weight excluding hydrogens is 402 g/mol. The van der Waals surface area contributed by atoms with E-state index in [9.17, 15) is 9.59 Å². The van der Waals surface area contributed by atoms with E-state index in [1.807, 2.05) is 6.92 Å². The van der Waals surface area contributed by atoms with Crippen LogP contribution in [0.4, 0.5) is 0 Å². The van der Waals surface area contributed by atoms with Crippen molar-refractivity contribution in [2.75, 3.05) is 13.7 Å². The zero-order chi connectivity index (χ0) is 22.1. The number of amides is 1. The summed E-state index contributed by atoms with van der Waals surface area (Å²) in [5, 5.41) is 3.97. The smallest absolute Gasteiger partial charge is 0.373 e. The summed E-state index contributed by atoms with van der Waals surface area (Å²) in [6.45, 7) is 2.39. The monoisotopic (exact) mass is 423 g/mol. The molecule has 2 heterocycles. The molecule has 0 fully saturated rings. The Balaban J connectivity index is 1.64. The van der Waals surface area contributed by atoms with Crippen molar-refractivity contribution in [1.29, 1.82) is 0 Å². The lowest BCUT2D eigenvalue weighted by molar-refractivity contribution is 0.0560. The van der Waals surface area contributed by atoms with E-state index in [4.69, 9.17) is 13.9 Å². The standard InChI is InChI=1S/C22H21N3O6/c1-3-29-20-12-15(13-24-25-21(26)16-8-10-23-11-9-16)4-6-18(20)30-14-17-5-7-19(31-17)22(27)28-2/h4-13H,3,14H2,1-2H3,(H,25,26)/b24-13+. The van der Waals surface area contributed by atoms with E-state index in [1.165, 1.54) is 31.8 Å². The summed E-state index contributed by atoms with van der Waals surface area (Å²) < 4.78 is 21.4. The number of pyridine rings is 1. The molecule has 3 aromatic rings. The van der Waals surface area contributed by atoms with E-state index in [2.05, 4.69) is 20.2 Å². The molecule has 3 rings (SSSR count). The highest BCUT2D eigenvalue weighted by Gasteiger charge is 2.13. The Kier molecular flexibility index (Phi) is 7.36. The van der Waals surface area contributed by atoms with Gasteiger partial charge in [-0.1, -0.05) is 0 Å². The summed E-state index contributed by atoms with van der Waals surface area (Å²) in [6.07, 6.45) is 4.57.